The molecule has 18 heavy (non-hydrogen) atoms. The lowest BCUT2D eigenvalue weighted by molar-refractivity contribution is 0.112. The molecule has 0 saturated heterocycles. The van der Waals surface area contributed by atoms with Gasteiger partial charge in [-0.15, -0.1) is 0 Å². The molecule has 0 spiro atoms. The fourth-order valence-electron chi connectivity index (χ4n) is 1.96. The van der Waals surface area contributed by atoms with Gasteiger partial charge in [0.05, 0.1) is 0 Å². The molecular formula is C16H17NO. The van der Waals surface area contributed by atoms with E-state index in [9.17, 15) is 4.79 Å². The smallest absolute Gasteiger partial charge is 0.150 e. The highest BCUT2D eigenvalue weighted by atomic mass is 16.1. The van der Waals surface area contributed by atoms with Crippen LogP contribution in [0.25, 0.3) is 11.1 Å². The Labute approximate surface area is 108 Å². The lowest BCUT2D eigenvalue weighted by Gasteiger charge is -2.13. The molecular weight excluding hydrogens is 222 g/mol. The quantitative estimate of drug-likeness (QED) is 0.763. The van der Waals surface area contributed by atoms with E-state index in [0.717, 1.165) is 34.2 Å². The number of rotatable bonds is 3. The maximum Gasteiger partial charge on any atom is 0.150 e. The van der Waals surface area contributed by atoms with E-state index >= 15 is 0 Å². The second kappa shape index (κ2) is 5.05. The summed E-state index contributed by atoms with van der Waals surface area (Å²) in [4.78, 5) is 13.1. The Bertz CT molecular complexity index is 556. The second-order valence-corrected chi connectivity index (χ2v) is 4.65. The van der Waals surface area contributed by atoms with Crippen LogP contribution in [-0.4, -0.2) is 20.4 Å². The third-order valence-corrected chi connectivity index (χ3v) is 3.03. The molecule has 0 aliphatic carbocycles. The summed E-state index contributed by atoms with van der Waals surface area (Å²) in [6.45, 7) is 2.03. The second-order valence-electron chi connectivity index (χ2n) is 4.65. The van der Waals surface area contributed by atoms with Gasteiger partial charge >= 0.3 is 0 Å². The largest absolute Gasteiger partial charge is 0.378 e. The molecule has 2 heteroatoms. The van der Waals surface area contributed by atoms with E-state index in [0.29, 0.717) is 0 Å². The number of aryl methyl sites for hydroxylation is 1. The molecule has 0 unspecified atom stereocenters. The van der Waals surface area contributed by atoms with Crippen molar-refractivity contribution >= 4 is 12.0 Å². The molecule has 0 saturated carbocycles. The third kappa shape index (κ3) is 2.43. The van der Waals surface area contributed by atoms with Gasteiger partial charge in [-0.2, -0.15) is 0 Å². The molecule has 0 radical (unpaired) electrons. The maximum absolute atomic E-state index is 11.1. The topological polar surface area (TPSA) is 20.3 Å². The summed E-state index contributed by atoms with van der Waals surface area (Å²) in [6, 6.07) is 14.1. The van der Waals surface area contributed by atoms with Crippen LogP contribution in [0.5, 0.6) is 0 Å². The van der Waals surface area contributed by atoms with Crippen molar-refractivity contribution in [2.24, 2.45) is 0 Å². The summed E-state index contributed by atoms with van der Waals surface area (Å²) in [6.07, 6.45) is 0.911. The fourth-order valence-corrected chi connectivity index (χ4v) is 1.96. The number of anilines is 1. The minimum absolute atomic E-state index is 0.734. The van der Waals surface area contributed by atoms with Crippen LogP contribution in [0.4, 0.5) is 5.69 Å². The Morgan fingerprint density at radius 3 is 2.22 bits per heavy atom. The molecule has 2 aromatic rings. The van der Waals surface area contributed by atoms with Crippen LogP contribution in [0, 0.1) is 6.92 Å². The first-order valence-electron chi connectivity index (χ1n) is 5.95. The predicted molar refractivity (Wildman–Crippen MR) is 76.3 cm³/mol. The van der Waals surface area contributed by atoms with Crippen LogP contribution < -0.4 is 4.90 Å². The van der Waals surface area contributed by atoms with Gasteiger partial charge in [-0.1, -0.05) is 35.9 Å². The fraction of sp³-hybridized carbons (Fsp3) is 0.188. The summed E-state index contributed by atoms with van der Waals surface area (Å²) in [5, 5.41) is 0. The lowest BCUT2D eigenvalue weighted by atomic mass is 9.98. The van der Waals surface area contributed by atoms with Gasteiger partial charge in [-0.3, -0.25) is 4.79 Å². The van der Waals surface area contributed by atoms with E-state index in [-0.39, 0.29) is 0 Å². The van der Waals surface area contributed by atoms with Crippen molar-refractivity contribution in [2.45, 2.75) is 6.92 Å². The molecule has 92 valence electrons. The van der Waals surface area contributed by atoms with Crippen molar-refractivity contribution in [2.75, 3.05) is 19.0 Å². The van der Waals surface area contributed by atoms with Gasteiger partial charge < -0.3 is 4.90 Å². The molecule has 0 heterocycles. The van der Waals surface area contributed by atoms with Crippen molar-refractivity contribution in [3.8, 4) is 11.1 Å². The van der Waals surface area contributed by atoms with Gasteiger partial charge in [0.25, 0.3) is 0 Å². The molecule has 0 atom stereocenters. The normalized spacial score (nSPS) is 10.2. The van der Waals surface area contributed by atoms with Crippen molar-refractivity contribution in [3.05, 3.63) is 53.6 Å². The Hall–Kier alpha value is -2.09. The number of benzene rings is 2. The summed E-state index contributed by atoms with van der Waals surface area (Å²) in [5.41, 5.74) is 5.12. The van der Waals surface area contributed by atoms with Crippen LogP contribution in [0.3, 0.4) is 0 Å². The van der Waals surface area contributed by atoms with E-state index in [1.807, 2.05) is 33.2 Å². The average molecular weight is 239 g/mol. The van der Waals surface area contributed by atoms with Crippen LogP contribution in [0.2, 0.25) is 0 Å². The number of hydrogen-bond donors (Lipinski definition) is 0. The van der Waals surface area contributed by atoms with Gasteiger partial charge in [0, 0.05) is 25.3 Å². The van der Waals surface area contributed by atoms with Gasteiger partial charge in [0.15, 0.2) is 6.29 Å². The monoisotopic (exact) mass is 239 g/mol. The van der Waals surface area contributed by atoms with Crippen molar-refractivity contribution < 1.29 is 4.79 Å². The molecule has 0 amide bonds. The number of aldehydes is 1. The predicted octanol–water partition coefficient (Wildman–Crippen LogP) is 3.54. The molecule has 0 aliphatic rings. The number of carbonyl (C=O) groups excluding carboxylic acids is 1. The highest BCUT2D eigenvalue weighted by Crippen LogP contribution is 2.26. The van der Waals surface area contributed by atoms with E-state index in [1.165, 1.54) is 0 Å². The summed E-state index contributed by atoms with van der Waals surface area (Å²) in [7, 11) is 4.02. The number of hydrogen-bond acceptors (Lipinski definition) is 2. The van der Waals surface area contributed by atoms with E-state index in [4.69, 9.17) is 0 Å². The molecule has 0 aromatic heterocycles. The van der Waals surface area contributed by atoms with Gasteiger partial charge in [-0.25, -0.2) is 0 Å². The molecule has 2 rings (SSSR count). The highest BCUT2D eigenvalue weighted by Gasteiger charge is 2.05. The SMILES string of the molecule is Cc1ccc(C=O)c(-c2ccc(N(C)C)cc2)c1. The molecule has 0 bridgehead atoms. The zero-order chi connectivity index (χ0) is 13.1. The summed E-state index contributed by atoms with van der Waals surface area (Å²) >= 11 is 0. The van der Waals surface area contributed by atoms with Crippen LogP contribution >= 0.6 is 0 Å². The Morgan fingerprint density at radius 1 is 1.00 bits per heavy atom. The molecule has 2 aromatic carbocycles. The first-order valence-corrected chi connectivity index (χ1v) is 5.95. The minimum Gasteiger partial charge on any atom is -0.378 e. The number of carbonyl (C=O) groups is 1. The van der Waals surface area contributed by atoms with Gasteiger partial charge in [0.1, 0.15) is 0 Å². The van der Waals surface area contributed by atoms with E-state index in [2.05, 4.69) is 35.2 Å². The lowest BCUT2D eigenvalue weighted by Crippen LogP contribution is -2.07. The zero-order valence-electron chi connectivity index (χ0n) is 11.0. The van der Waals surface area contributed by atoms with Crippen LogP contribution in [0.1, 0.15) is 15.9 Å². The summed E-state index contributed by atoms with van der Waals surface area (Å²) < 4.78 is 0. The Morgan fingerprint density at radius 2 is 1.67 bits per heavy atom. The van der Waals surface area contributed by atoms with E-state index < -0.39 is 0 Å². The first kappa shape index (κ1) is 12.4. The zero-order valence-corrected chi connectivity index (χ0v) is 11.0. The van der Waals surface area contributed by atoms with Crippen molar-refractivity contribution in [1.82, 2.24) is 0 Å². The van der Waals surface area contributed by atoms with E-state index in [1.54, 1.807) is 0 Å². The van der Waals surface area contributed by atoms with Gasteiger partial charge in [0.2, 0.25) is 0 Å². The van der Waals surface area contributed by atoms with Crippen molar-refractivity contribution in [1.29, 1.82) is 0 Å². The molecule has 0 aliphatic heterocycles. The highest BCUT2D eigenvalue weighted by molar-refractivity contribution is 5.88. The average Bonchev–Trinajstić information content (AvgIpc) is 2.39. The van der Waals surface area contributed by atoms with Crippen molar-refractivity contribution in [3.63, 3.8) is 0 Å². The Kier molecular flexibility index (Phi) is 3.47. The third-order valence-electron chi connectivity index (χ3n) is 3.03. The molecule has 0 fully saturated rings. The maximum atomic E-state index is 11.1. The van der Waals surface area contributed by atoms with Gasteiger partial charge in [-0.05, 0) is 30.2 Å². The molecule has 2 nitrogen and oxygen atoms in total. The molecule has 0 N–H and O–H groups in total. The standard InChI is InChI=1S/C16H17NO/c1-12-4-5-14(11-18)16(10-12)13-6-8-15(9-7-13)17(2)3/h4-11H,1-3H3. The Balaban J connectivity index is 2.48. The minimum atomic E-state index is 0.734. The number of nitrogens with zero attached hydrogens (tertiary/aromatic N) is 1. The summed E-state index contributed by atoms with van der Waals surface area (Å²) in [5.74, 6) is 0. The van der Waals surface area contributed by atoms with Crippen LogP contribution in [-0.2, 0) is 0 Å². The first-order chi connectivity index (χ1) is 8.61. The van der Waals surface area contributed by atoms with Crippen LogP contribution in [0.15, 0.2) is 42.5 Å².